The van der Waals surface area contributed by atoms with Crippen molar-refractivity contribution in [3.05, 3.63) is 35.5 Å². The number of hydrogen-bond acceptors (Lipinski definition) is 1. The van der Waals surface area contributed by atoms with Gasteiger partial charge in [0.15, 0.2) is 0 Å². The zero-order valence-corrected chi connectivity index (χ0v) is 9.96. The molecule has 2 N–H and O–H groups in total. The molecule has 1 aromatic carbocycles. The topological polar surface area (TPSA) is 36.0 Å². The molecule has 0 unspecified atom stereocenters. The van der Waals surface area contributed by atoms with Gasteiger partial charge in [-0.2, -0.15) is 0 Å². The fraction of sp³-hybridized carbons (Fsp3) is 0.429. The van der Waals surface area contributed by atoms with E-state index in [9.17, 15) is 0 Å². The van der Waals surface area contributed by atoms with Crippen LogP contribution in [-0.2, 0) is 6.42 Å². The number of benzene rings is 1. The maximum Gasteiger partial charge on any atom is 0.0491 e. The van der Waals surface area contributed by atoms with Gasteiger partial charge in [0.05, 0.1) is 0 Å². The summed E-state index contributed by atoms with van der Waals surface area (Å²) in [5.41, 5.74) is 3.93. The summed E-state index contributed by atoms with van der Waals surface area (Å²) in [5.74, 6) is 0.535. The van der Waals surface area contributed by atoms with Crippen LogP contribution in [0.2, 0.25) is 0 Å². The van der Waals surface area contributed by atoms with Crippen molar-refractivity contribution in [3.63, 3.8) is 0 Å². The molecular weight excluding hydrogens is 198 g/mol. The average Bonchev–Trinajstić information content (AvgIpc) is 2.69. The summed E-state index contributed by atoms with van der Waals surface area (Å²) in [6.45, 7) is 4.68. The van der Waals surface area contributed by atoms with E-state index in [-0.39, 0.29) is 6.61 Å². The van der Waals surface area contributed by atoms with Crippen LogP contribution in [-0.4, -0.2) is 16.7 Å². The van der Waals surface area contributed by atoms with Crippen LogP contribution in [0, 0.1) is 0 Å². The molecule has 2 rings (SSSR count). The van der Waals surface area contributed by atoms with Crippen molar-refractivity contribution >= 4 is 10.9 Å². The fourth-order valence-corrected chi connectivity index (χ4v) is 2.19. The molecule has 86 valence electrons. The summed E-state index contributed by atoms with van der Waals surface area (Å²) in [4.78, 5) is 3.37. The summed E-state index contributed by atoms with van der Waals surface area (Å²) in [5, 5.41) is 10.2. The molecule has 0 fully saturated rings. The van der Waals surface area contributed by atoms with Gasteiger partial charge in [-0.3, -0.25) is 0 Å². The first kappa shape index (κ1) is 11.2. The molecule has 0 bridgehead atoms. The molecule has 16 heavy (non-hydrogen) atoms. The minimum Gasteiger partial charge on any atom is -0.396 e. The summed E-state index contributed by atoms with van der Waals surface area (Å²) in [6.07, 6.45) is 3.85. The fourth-order valence-electron chi connectivity index (χ4n) is 2.19. The maximum atomic E-state index is 8.87. The van der Waals surface area contributed by atoms with Crippen LogP contribution < -0.4 is 0 Å². The Balaban J connectivity index is 2.44. The van der Waals surface area contributed by atoms with Crippen LogP contribution in [0.3, 0.4) is 0 Å². The van der Waals surface area contributed by atoms with Gasteiger partial charge in [-0.25, -0.2) is 0 Å². The van der Waals surface area contributed by atoms with Crippen LogP contribution in [0.5, 0.6) is 0 Å². The number of aromatic nitrogens is 1. The molecule has 0 spiro atoms. The lowest BCUT2D eigenvalue weighted by atomic mass is 9.99. The van der Waals surface area contributed by atoms with Crippen molar-refractivity contribution in [1.29, 1.82) is 0 Å². The molecule has 0 radical (unpaired) electrons. The lowest BCUT2D eigenvalue weighted by molar-refractivity contribution is 0.289. The minimum absolute atomic E-state index is 0.260. The van der Waals surface area contributed by atoms with Crippen LogP contribution in [0.25, 0.3) is 10.9 Å². The van der Waals surface area contributed by atoms with Crippen LogP contribution in [0.4, 0.5) is 0 Å². The minimum atomic E-state index is 0.260. The lowest BCUT2D eigenvalue weighted by Crippen LogP contribution is -1.90. The number of H-pyrrole nitrogens is 1. The third-order valence-electron chi connectivity index (χ3n) is 3.06. The van der Waals surface area contributed by atoms with Crippen LogP contribution >= 0.6 is 0 Å². The number of nitrogens with one attached hydrogen (secondary N) is 1. The van der Waals surface area contributed by atoms with Gasteiger partial charge in [0.1, 0.15) is 0 Å². The van der Waals surface area contributed by atoms with Gasteiger partial charge in [0, 0.05) is 23.7 Å². The van der Waals surface area contributed by atoms with Gasteiger partial charge < -0.3 is 10.1 Å². The third kappa shape index (κ3) is 1.98. The molecule has 0 aliphatic rings. The first-order valence-electron chi connectivity index (χ1n) is 5.93. The second-order valence-corrected chi connectivity index (χ2v) is 4.57. The number of hydrogen-bond donors (Lipinski definition) is 2. The molecule has 2 heteroatoms. The van der Waals surface area contributed by atoms with E-state index in [4.69, 9.17) is 5.11 Å². The van der Waals surface area contributed by atoms with Crippen molar-refractivity contribution in [2.75, 3.05) is 6.61 Å². The number of aryl methyl sites for hydroxylation is 1. The Morgan fingerprint density at radius 3 is 2.81 bits per heavy atom. The molecule has 0 atom stereocenters. The Bertz CT molecular complexity index is 471. The van der Waals surface area contributed by atoms with Crippen molar-refractivity contribution < 1.29 is 5.11 Å². The average molecular weight is 217 g/mol. The van der Waals surface area contributed by atoms with Gasteiger partial charge in [-0.1, -0.05) is 32.0 Å². The predicted molar refractivity (Wildman–Crippen MR) is 67.8 cm³/mol. The number of rotatable bonds is 4. The number of aromatic amines is 1. The van der Waals surface area contributed by atoms with E-state index in [1.165, 1.54) is 22.0 Å². The number of aliphatic hydroxyl groups is 1. The SMILES string of the molecule is CC(C)c1cccc2c(CCCO)c[nH]c12. The van der Waals surface area contributed by atoms with Gasteiger partial charge in [0.25, 0.3) is 0 Å². The van der Waals surface area contributed by atoms with Crippen molar-refractivity contribution in [3.8, 4) is 0 Å². The Kier molecular flexibility index (Phi) is 3.30. The molecule has 1 heterocycles. The first-order chi connectivity index (χ1) is 7.74. The Hall–Kier alpha value is -1.28. The smallest absolute Gasteiger partial charge is 0.0491 e. The zero-order chi connectivity index (χ0) is 11.5. The van der Waals surface area contributed by atoms with E-state index in [0.717, 1.165) is 12.8 Å². The largest absolute Gasteiger partial charge is 0.396 e. The lowest BCUT2D eigenvalue weighted by Gasteiger charge is -2.07. The molecule has 0 saturated carbocycles. The highest BCUT2D eigenvalue weighted by Gasteiger charge is 2.09. The monoisotopic (exact) mass is 217 g/mol. The maximum absolute atomic E-state index is 8.87. The summed E-state index contributed by atoms with van der Waals surface area (Å²) in [7, 11) is 0. The number of aliphatic hydroxyl groups excluding tert-OH is 1. The Labute approximate surface area is 96.3 Å². The second kappa shape index (κ2) is 4.71. The first-order valence-corrected chi connectivity index (χ1v) is 5.93. The predicted octanol–water partition coefficient (Wildman–Crippen LogP) is 3.22. The molecule has 2 aromatic rings. The zero-order valence-electron chi connectivity index (χ0n) is 9.96. The Morgan fingerprint density at radius 1 is 1.31 bits per heavy atom. The van der Waals surface area contributed by atoms with E-state index >= 15 is 0 Å². The highest BCUT2D eigenvalue weighted by atomic mass is 16.2. The van der Waals surface area contributed by atoms with E-state index in [1.54, 1.807) is 0 Å². The highest BCUT2D eigenvalue weighted by Crippen LogP contribution is 2.27. The van der Waals surface area contributed by atoms with E-state index in [0.29, 0.717) is 5.92 Å². The van der Waals surface area contributed by atoms with E-state index < -0.39 is 0 Å². The summed E-state index contributed by atoms with van der Waals surface area (Å²) >= 11 is 0. The third-order valence-corrected chi connectivity index (χ3v) is 3.06. The van der Waals surface area contributed by atoms with Gasteiger partial charge in [-0.15, -0.1) is 0 Å². The molecule has 0 aliphatic heterocycles. The van der Waals surface area contributed by atoms with Crippen LogP contribution in [0.1, 0.15) is 37.3 Å². The molecular formula is C14H19NO. The van der Waals surface area contributed by atoms with Crippen molar-refractivity contribution in [1.82, 2.24) is 4.98 Å². The van der Waals surface area contributed by atoms with E-state index in [1.807, 2.05) is 0 Å². The molecule has 2 nitrogen and oxygen atoms in total. The molecule has 0 amide bonds. The summed E-state index contributed by atoms with van der Waals surface area (Å²) < 4.78 is 0. The molecule has 0 aliphatic carbocycles. The van der Waals surface area contributed by atoms with Crippen LogP contribution in [0.15, 0.2) is 24.4 Å². The van der Waals surface area contributed by atoms with Crippen molar-refractivity contribution in [2.24, 2.45) is 0 Å². The molecule has 0 saturated heterocycles. The highest BCUT2D eigenvalue weighted by molar-refractivity contribution is 5.86. The summed E-state index contributed by atoms with van der Waals surface area (Å²) in [6, 6.07) is 6.46. The van der Waals surface area contributed by atoms with Crippen molar-refractivity contribution in [2.45, 2.75) is 32.6 Å². The normalized spacial score (nSPS) is 11.5. The number of fused-ring (bicyclic) bond motifs is 1. The number of para-hydroxylation sites is 1. The van der Waals surface area contributed by atoms with Gasteiger partial charge in [0.2, 0.25) is 0 Å². The standard InChI is InChI=1S/C14H19NO/c1-10(2)12-6-3-7-13-11(5-4-8-16)9-15-14(12)13/h3,6-7,9-10,15-16H,4-5,8H2,1-2H3. The van der Waals surface area contributed by atoms with E-state index in [2.05, 4.69) is 43.2 Å². The van der Waals surface area contributed by atoms with Gasteiger partial charge >= 0.3 is 0 Å². The quantitative estimate of drug-likeness (QED) is 0.810. The Morgan fingerprint density at radius 2 is 2.12 bits per heavy atom. The molecule has 1 aromatic heterocycles. The second-order valence-electron chi connectivity index (χ2n) is 4.57. The van der Waals surface area contributed by atoms with Gasteiger partial charge in [-0.05, 0) is 29.9 Å².